The molecule has 150 valence electrons. The molecule has 4 rings (SSSR count). The van der Waals surface area contributed by atoms with Gasteiger partial charge >= 0.3 is 0 Å². The fraction of sp³-hybridized carbons (Fsp3) is 0.0870. The molecule has 7 heteroatoms. The van der Waals surface area contributed by atoms with E-state index in [1.165, 1.54) is 0 Å². The van der Waals surface area contributed by atoms with E-state index in [9.17, 15) is 9.90 Å². The van der Waals surface area contributed by atoms with E-state index in [2.05, 4.69) is 20.8 Å². The summed E-state index contributed by atoms with van der Waals surface area (Å²) in [7, 11) is 1.60. The van der Waals surface area contributed by atoms with Gasteiger partial charge in [-0.1, -0.05) is 30.3 Å². The van der Waals surface area contributed by atoms with Crippen LogP contribution in [0.25, 0.3) is 10.9 Å². The van der Waals surface area contributed by atoms with Gasteiger partial charge in [0.1, 0.15) is 17.0 Å². The third kappa shape index (κ3) is 3.92. The van der Waals surface area contributed by atoms with Crippen molar-refractivity contribution in [3.63, 3.8) is 0 Å². The highest BCUT2D eigenvalue weighted by molar-refractivity contribution is 5.93. The van der Waals surface area contributed by atoms with Gasteiger partial charge in [-0.3, -0.25) is 20.2 Å². The fourth-order valence-electron chi connectivity index (χ4n) is 3.23. The molecule has 1 amide bonds. The number of phenols is 1. The van der Waals surface area contributed by atoms with Gasteiger partial charge in [0.25, 0.3) is 5.91 Å². The predicted molar refractivity (Wildman–Crippen MR) is 113 cm³/mol. The molecule has 0 bridgehead atoms. The average Bonchev–Trinajstić information content (AvgIpc) is 2.81. The van der Waals surface area contributed by atoms with E-state index in [0.717, 1.165) is 10.9 Å². The van der Waals surface area contributed by atoms with Gasteiger partial charge in [-0.05, 0) is 35.9 Å². The van der Waals surface area contributed by atoms with Crippen molar-refractivity contribution in [3.05, 3.63) is 95.9 Å². The second kappa shape index (κ2) is 8.59. The molecule has 1 atom stereocenters. The summed E-state index contributed by atoms with van der Waals surface area (Å²) in [5.41, 5.74) is 8.14. The Kier molecular flexibility index (Phi) is 5.54. The number of rotatable bonds is 6. The van der Waals surface area contributed by atoms with Gasteiger partial charge in [-0.25, -0.2) is 5.43 Å². The number of phenolic OH excluding ortho intramolecular Hbond substituents is 1. The fourth-order valence-corrected chi connectivity index (χ4v) is 3.23. The Balaban J connectivity index is 1.70. The number of ether oxygens (including phenoxy) is 1. The topological polar surface area (TPSA) is 96.4 Å². The number of benzene rings is 2. The maximum absolute atomic E-state index is 12.5. The minimum Gasteiger partial charge on any atom is -0.505 e. The number of hydrazine groups is 1. The highest BCUT2D eigenvalue weighted by Gasteiger charge is 2.21. The molecular weight excluding hydrogens is 380 g/mol. The van der Waals surface area contributed by atoms with E-state index in [0.29, 0.717) is 22.4 Å². The van der Waals surface area contributed by atoms with Crippen LogP contribution in [0, 0.1) is 0 Å². The van der Waals surface area contributed by atoms with E-state index in [4.69, 9.17) is 4.74 Å². The molecule has 0 aliphatic rings. The molecule has 0 aliphatic carbocycles. The van der Waals surface area contributed by atoms with Crippen molar-refractivity contribution in [1.29, 1.82) is 0 Å². The van der Waals surface area contributed by atoms with Gasteiger partial charge in [0, 0.05) is 35.1 Å². The van der Waals surface area contributed by atoms with Crippen molar-refractivity contribution >= 4 is 16.8 Å². The summed E-state index contributed by atoms with van der Waals surface area (Å²) < 4.78 is 5.24. The number of fused-ring (bicyclic) bond motifs is 1. The first-order valence-electron chi connectivity index (χ1n) is 9.34. The zero-order chi connectivity index (χ0) is 20.9. The van der Waals surface area contributed by atoms with Crippen molar-refractivity contribution in [2.75, 3.05) is 7.11 Å². The Morgan fingerprint density at radius 3 is 2.50 bits per heavy atom. The van der Waals surface area contributed by atoms with E-state index in [1.807, 2.05) is 48.5 Å². The number of hydrogen-bond acceptors (Lipinski definition) is 6. The number of pyridine rings is 2. The van der Waals surface area contributed by atoms with E-state index in [1.54, 1.807) is 37.8 Å². The smallest absolute Gasteiger partial charge is 0.265 e. The van der Waals surface area contributed by atoms with E-state index in [-0.39, 0.29) is 11.7 Å². The number of hydrogen-bond donors (Lipinski definition) is 3. The summed E-state index contributed by atoms with van der Waals surface area (Å²) in [6, 6.07) is 17.5. The first-order valence-corrected chi connectivity index (χ1v) is 9.34. The van der Waals surface area contributed by atoms with Crippen LogP contribution in [0.15, 0.2) is 79.3 Å². The summed E-state index contributed by atoms with van der Waals surface area (Å²) in [6.07, 6.45) is 4.74. The number of methoxy groups -OCH3 is 1. The lowest BCUT2D eigenvalue weighted by Gasteiger charge is -2.22. The quantitative estimate of drug-likeness (QED) is 0.430. The van der Waals surface area contributed by atoms with Crippen LogP contribution < -0.4 is 15.6 Å². The molecule has 2 heterocycles. The summed E-state index contributed by atoms with van der Waals surface area (Å²) in [5, 5.41) is 11.7. The Labute approximate surface area is 173 Å². The SMILES string of the molecule is COc1ccc(C(NNC(=O)c2ccncc2)c2ccc3cccnc3c2O)cc1. The maximum atomic E-state index is 12.5. The second-order valence-electron chi connectivity index (χ2n) is 6.62. The van der Waals surface area contributed by atoms with Crippen LogP contribution in [0.3, 0.4) is 0 Å². The maximum Gasteiger partial charge on any atom is 0.265 e. The minimum atomic E-state index is -0.520. The Bertz CT molecular complexity index is 1160. The van der Waals surface area contributed by atoms with E-state index < -0.39 is 6.04 Å². The van der Waals surface area contributed by atoms with Crippen molar-refractivity contribution in [3.8, 4) is 11.5 Å². The van der Waals surface area contributed by atoms with Gasteiger partial charge in [0.15, 0.2) is 0 Å². The molecule has 4 aromatic rings. The first kappa shape index (κ1) is 19.4. The highest BCUT2D eigenvalue weighted by Crippen LogP contribution is 2.34. The Morgan fingerprint density at radius 1 is 1.00 bits per heavy atom. The van der Waals surface area contributed by atoms with Gasteiger partial charge < -0.3 is 9.84 Å². The number of carbonyl (C=O) groups is 1. The predicted octanol–water partition coefficient (Wildman–Crippen LogP) is 3.37. The Morgan fingerprint density at radius 2 is 1.77 bits per heavy atom. The normalized spacial score (nSPS) is 11.8. The number of carbonyl (C=O) groups excluding carboxylic acids is 1. The molecule has 0 saturated carbocycles. The monoisotopic (exact) mass is 400 g/mol. The zero-order valence-electron chi connectivity index (χ0n) is 16.2. The molecule has 0 spiro atoms. The second-order valence-corrected chi connectivity index (χ2v) is 6.62. The number of amides is 1. The van der Waals surface area contributed by atoms with Gasteiger partial charge in [0.2, 0.25) is 0 Å². The molecule has 0 fully saturated rings. The van der Waals surface area contributed by atoms with Crippen molar-refractivity contribution < 1.29 is 14.6 Å². The van der Waals surface area contributed by atoms with Crippen LogP contribution in [0.5, 0.6) is 11.5 Å². The molecule has 2 aromatic carbocycles. The standard InChI is InChI=1S/C23H20N4O3/c1-30-18-7-4-16(5-8-18)20(26-27-23(29)17-10-13-24-14-11-17)19-9-6-15-3-2-12-25-21(15)22(19)28/h2-14,20,26,28H,1H3,(H,27,29). The van der Waals surface area contributed by atoms with Gasteiger partial charge in [-0.15, -0.1) is 0 Å². The van der Waals surface area contributed by atoms with Crippen LogP contribution in [-0.4, -0.2) is 28.1 Å². The number of aromatic nitrogens is 2. The molecule has 0 saturated heterocycles. The van der Waals surface area contributed by atoms with Crippen LogP contribution in [0.2, 0.25) is 0 Å². The highest BCUT2D eigenvalue weighted by atomic mass is 16.5. The summed E-state index contributed by atoms with van der Waals surface area (Å²) in [4.78, 5) is 20.7. The third-order valence-electron chi connectivity index (χ3n) is 4.81. The lowest BCUT2D eigenvalue weighted by Crippen LogP contribution is -2.40. The van der Waals surface area contributed by atoms with Gasteiger partial charge in [0.05, 0.1) is 13.2 Å². The third-order valence-corrected chi connectivity index (χ3v) is 4.81. The molecule has 30 heavy (non-hydrogen) atoms. The summed E-state index contributed by atoms with van der Waals surface area (Å²) in [6.45, 7) is 0. The van der Waals surface area contributed by atoms with E-state index >= 15 is 0 Å². The molecular formula is C23H20N4O3. The molecule has 0 radical (unpaired) electrons. The molecule has 2 aromatic heterocycles. The number of aromatic hydroxyl groups is 1. The summed E-state index contributed by atoms with van der Waals surface area (Å²) >= 11 is 0. The average molecular weight is 400 g/mol. The molecule has 0 aliphatic heterocycles. The van der Waals surface area contributed by atoms with Crippen LogP contribution in [0.4, 0.5) is 0 Å². The molecule has 3 N–H and O–H groups in total. The van der Waals surface area contributed by atoms with Gasteiger partial charge in [-0.2, -0.15) is 0 Å². The largest absolute Gasteiger partial charge is 0.505 e. The van der Waals surface area contributed by atoms with Crippen LogP contribution in [-0.2, 0) is 0 Å². The number of nitrogens with one attached hydrogen (secondary N) is 2. The van der Waals surface area contributed by atoms with Crippen molar-refractivity contribution in [1.82, 2.24) is 20.8 Å². The lowest BCUT2D eigenvalue weighted by atomic mass is 9.97. The Hall–Kier alpha value is -3.97. The van der Waals surface area contributed by atoms with Crippen LogP contribution >= 0.6 is 0 Å². The first-order chi connectivity index (χ1) is 14.7. The lowest BCUT2D eigenvalue weighted by molar-refractivity contribution is 0.0928. The minimum absolute atomic E-state index is 0.0552. The molecule has 1 unspecified atom stereocenters. The molecule has 7 nitrogen and oxygen atoms in total. The van der Waals surface area contributed by atoms with Crippen molar-refractivity contribution in [2.45, 2.75) is 6.04 Å². The van der Waals surface area contributed by atoms with Crippen LogP contribution in [0.1, 0.15) is 27.5 Å². The number of nitrogens with zero attached hydrogens (tertiary/aromatic N) is 2. The zero-order valence-corrected chi connectivity index (χ0v) is 16.2. The van der Waals surface area contributed by atoms with Crippen molar-refractivity contribution in [2.24, 2.45) is 0 Å². The summed E-state index contributed by atoms with van der Waals surface area (Å²) in [5.74, 6) is 0.455.